The molecule has 2 saturated heterocycles. The maximum Gasteiger partial charge on any atom is 0.213 e. The molecule has 88 valence electrons. The first kappa shape index (κ1) is 11.7. The van der Waals surface area contributed by atoms with Gasteiger partial charge in [-0.15, -0.1) is 11.8 Å². The topological polar surface area (TPSA) is 46.6 Å². The van der Waals surface area contributed by atoms with Crippen LogP contribution in [0, 0.1) is 0 Å². The molecule has 0 aromatic carbocycles. The van der Waals surface area contributed by atoms with Gasteiger partial charge in [0.2, 0.25) is 10.0 Å². The first-order valence-corrected chi connectivity index (χ1v) is 7.75. The van der Waals surface area contributed by atoms with E-state index < -0.39 is 10.0 Å². The Balaban J connectivity index is 1.93. The Hall–Kier alpha value is 0.220. The molecule has 1 atom stereocenters. The van der Waals surface area contributed by atoms with Crippen molar-refractivity contribution in [1.82, 2.24) is 4.31 Å². The summed E-state index contributed by atoms with van der Waals surface area (Å²) in [4.78, 5) is 0. The van der Waals surface area contributed by atoms with Crippen molar-refractivity contribution < 1.29 is 13.2 Å². The first-order chi connectivity index (χ1) is 7.01. The van der Waals surface area contributed by atoms with E-state index in [2.05, 4.69) is 0 Å². The third-order valence-corrected chi connectivity index (χ3v) is 6.55. The molecule has 0 aromatic heterocycles. The Morgan fingerprint density at radius 2 is 2.20 bits per heavy atom. The molecule has 4 nitrogen and oxygen atoms in total. The van der Waals surface area contributed by atoms with E-state index in [0.717, 1.165) is 12.2 Å². The minimum Gasteiger partial charge on any atom is -0.381 e. The third kappa shape index (κ3) is 2.05. The lowest BCUT2D eigenvalue weighted by molar-refractivity contribution is 0.0932. The first-order valence-electron chi connectivity index (χ1n) is 5.16. The van der Waals surface area contributed by atoms with E-state index in [1.807, 2.05) is 11.8 Å². The van der Waals surface area contributed by atoms with Crippen molar-refractivity contribution in [2.75, 3.05) is 31.7 Å². The summed E-state index contributed by atoms with van der Waals surface area (Å²) < 4.78 is 30.2. The highest BCUT2D eigenvalue weighted by atomic mass is 32.2. The van der Waals surface area contributed by atoms with Gasteiger partial charge in [0.25, 0.3) is 0 Å². The van der Waals surface area contributed by atoms with E-state index in [1.165, 1.54) is 0 Å². The van der Waals surface area contributed by atoms with Gasteiger partial charge in [0, 0.05) is 30.7 Å². The summed E-state index contributed by atoms with van der Waals surface area (Å²) in [6, 6.07) is 0. The number of ether oxygens (including phenoxy) is 1. The summed E-state index contributed by atoms with van der Waals surface area (Å²) in [5.41, 5.74) is 0. The molecule has 2 fully saturated rings. The summed E-state index contributed by atoms with van der Waals surface area (Å²) in [7, 11) is -1.24. The molecule has 6 heteroatoms. The van der Waals surface area contributed by atoms with E-state index in [1.54, 1.807) is 18.3 Å². The lowest BCUT2D eigenvalue weighted by atomic mass is 9.96. The summed E-state index contributed by atoms with van der Waals surface area (Å²) >= 11 is 1.86. The number of nitrogens with zero attached hydrogens (tertiary/aromatic N) is 1. The van der Waals surface area contributed by atoms with Crippen LogP contribution in [0.5, 0.6) is 0 Å². The Kier molecular flexibility index (Phi) is 3.05. The van der Waals surface area contributed by atoms with Crippen molar-refractivity contribution in [2.24, 2.45) is 0 Å². The summed E-state index contributed by atoms with van der Waals surface area (Å²) in [5.74, 6) is 1.21. The number of rotatable bonds is 3. The zero-order valence-electron chi connectivity index (χ0n) is 9.10. The molecule has 0 amide bonds. The molecule has 1 unspecified atom stereocenters. The molecular weight excluding hydrogens is 234 g/mol. The lowest BCUT2D eigenvalue weighted by Gasteiger charge is -2.46. The van der Waals surface area contributed by atoms with Crippen LogP contribution in [-0.2, 0) is 14.8 Å². The summed E-state index contributed by atoms with van der Waals surface area (Å²) in [6.07, 6.45) is 1.30. The van der Waals surface area contributed by atoms with Gasteiger partial charge in [-0.05, 0) is 13.3 Å². The van der Waals surface area contributed by atoms with Gasteiger partial charge < -0.3 is 4.74 Å². The SMILES string of the molecule is CCS(=O)(=O)N1CC2(CC(OC)CS2)C1. The molecule has 0 aromatic rings. The van der Waals surface area contributed by atoms with E-state index >= 15 is 0 Å². The molecule has 15 heavy (non-hydrogen) atoms. The monoisotopic (exact) mass is 251 g/mol. The fraction of sp³-hybridized carbons (Fsp3) is 1.00. The molecule has 0 saturated carbocycles. The number of hydrogen-bond acceptors (Lipinski definition) is 4. The maximum absolute atomic E-state index is 11.6. The van der Waals surface area contributed by atoms with Crippen LogP contribution in [0.1, 0.15) is 13.3 Å². The second-order valence-corrected chi connectivity index (χ2v) is 7.97. The third-order valence-electron chi connectivity index (χ3n) is 3.20. The van der Waals surface area contributed by atoms with Gasteiger partial charge in [-0.25, -0.2) is 8.42 Å². The second-order valence-electron chi connectivity index (χ2n) is 4.22. The molecule has 0 bridgehead atoms. The minimum absolute atomic E-state index is 0.156. The lowest BCUT2D eigenvalue weighted by Crippen LogP contribution is -2.60. The number of methoxy groups -OCH3 is 1. The molecule has 2 aliphatic rings. The quantitative estimate of drug-likeness (QED) is 0.734. The van der Waals surface area contributed by atoms with Gasteiger partial charge in [-0.1, -0.05) is 0 Å². The molecular formula is C9H17NO3S2. The Bertz CT molecular complexity index is 335. The van der Waals surface area contributed by atoms with Crippen molar-refractivity contribution in [1.29, 1.82) is 0 Å². The van der Waals surface area contributed by atoms with Crippen LogP contribution in [0.25, 0.3) is 0 Å². The van der Waals surface area contributed by atoms with Crippen LogP contribution in [0.4, 0.5) is 0 Å². The van der Waals surface area contributed by atoms with E-state index in [9.17, 15) is 8.42 Å². The van der Waals surface area contributed by atoms with Gasteiger partial charge in [-0.3, -0.25) is 0 Å². The van der Waals surface area contributed by atoms with Crippen molar-refractivity contribution in [3.8, 4) is 0 Å². The highest BCUT2D eigenvalue weighted by Gasteiger charge is 2.52. The van der Waals surface area contributed by atoms with Crippen molar-refractivity contribution >= 4 is 21.8 Å². The Morgan fingerprint density at radius 1 is 1.53 bits per heavy atom. The van der Waals surface area contributed by atoms with Gasteiger partial charge >= 0.3 is 0 Å². The highest BCUT2D eigenvalue weighted by molar-refractivity contribution is 8.01. The van der Waals surface area contributed by atoms with E-state index in [4.69, 9.17) is 4.74 Å². The smallest absolute Gasteiger partial charge is 0.213 e. The number of hydrogen-bond donors (Lipinski definition) is 0. The molecule has 2 aliphatic heterocycles. The van der Waals surface area contributed by atoms with Gasteiger partial charge in [0.15, 0.2) is 0 Å². The van der Waals surface area contributed by atoms with Crippen molar-refractivity contribution in [3.63, 3.8) is 0 Å². The van der Waals surface area contributed by atoms with Crippen LogP contribution in [0.3, 0.4) is 0 Å². The molecule has 0 N–H and O–H groups in total. The van der Waals surface area contributed by atoms with Gasteiger partial charge in [0.05, 0.1) is 11.9 Å². The predicted molar refractivity (Wildman–Crippen MR) is 61.6 cm³/mol. The summed E-state index contributed by atoms with van der Waals surface area (Å²) in [6.45, 7) is 3.04. The fourth-order valence-electron chi connectivity index (χ4n) is 2.15. The molecule has 2 heterocycles. The zero-order valence-corrected chi connectivity index (χ0v) is 10.7. The molecule has 0 radical (unpaired) electrons. The fourth-order valence-corrected chi connectivity index (χ4v) is 5.16. The van der Waals surface area contributed by atoms with Crippen LogP contribution in [0.15, 0.2) is 0 Å². The van der Waals surface area contributed by atoms with Crippen molar-refractivity contribution in [3.05, 3.63) is 0 Å². The molecule has 2 rings (SSSR count). The predicted octanol–water partition coefficient (Wildman–Crippen LogP) is 0.542. The van der Waals surface area contributed by atoms with Crippen LogP contribution >= 0.6 is 11.8 Å². The minimum atomic E-state index is -2.97. The normalized spacial score (nSPS) is 30.7. The van der Waals surface area contributed by atoms with E-state index in [0.29, 0.717) is 19.2 Å². The van der Waals surface area contributed by atoms with E-state index in [-0.39, 0.29) is 10.5 Å². The molecule has 0 aliphatic carbocycles. The van der Waals surface area contributed by atoms with Gasteiger partial charge in [-0.2, -0.15) is 4.31 Å². The number of sulfonamides is 1. The second kappa shape index (κ2) is 3.91. The van der Waals surface area contributed by atoms with Crippen LogP contribution in [-0.4, -0.2) is 55.3 Å². The average molecular weight is 251 g/mol. The largest absolute Gasteiger partial charge is 0.381 e. The maximum atomic E-state index is 11.6. The highest BCUT2D eigenvalue weighted by Crippen LogP contribution is 2.46. The van der Waals surface area contributed by atoms with Crippen LogP contribution < -0.4 is 0 Å². The Labute approximate surface area is 95.4 Å². The molecule has 1 spiro atoms. The zero-order chi connectivity index (χ0) is 11.1. The average Bonchev–Trinajstić information content (AvgIpc) is 2.59. The van der Waals surface area contributed by atoms with Crippen LogP contribution in [0.2, 0.25) is 0 Å². The number of thioether (sulfide) groups is 1. The summed E-state index contributed by atoms with van der Waals surface area (Å²) in [5, 5.41) is 0. The van der Waals surface area contributed by atoms with Gasteiger partial charge in [0.1, 0.15) is 0 Å². The van der Waals surface area contributed by atoms with Crippen molar-refractivity contribution in [2.45, 2.75) is 24.2 Å². The Morgan fingerprint density at radius 3 is 2.67 bits per heavy atom. The standard InChI is InChI=1S/C9H17NO3S2/c1-3-15(11,12)10-6-9(7-10)4-8(13-2)5-14-9/h8H,3-7H2,1-2H3.